The number of carboxylic acids is 1. The van der Waals surface area contributed by atoms with E-state index >= 15 is 0 Å². The highest BCUT2D eigenvalue weighted by Crippen LogP contribution is 2.13. The second-order valence-corrected chi connectivity index (χ2v) is 4.71. The SMILES string of the molecule is CC(C)N(CC(=O)O)C(=O)c1cc(N(C)C)ccn1. The monoisotopic (exact) mass is 265 g/mol. The van der Waals surface area contributed by atoms with Gasteiger partial charge in [-0.2, -0.15) is 0 Å². The predicted molar refractivity (Wildman–Crippen MR) is 72.4 cm³/mol. The molecule has 0 spiro atoms. The van der Waals surface area contributed by atoms with Crippen LogP contribution >= 0.6 is 0 Å². The summed E-state index contributed by atoms with van der Waals surface area (Å²) in [5.74, 6) is -1.41. The number of rotatable bonds is 5. The lowest BCUT2D eigenvalue weighted by molar-refractivity contribution is -0.138. The van der Waals surface area contributed by atoms with Gasteiger partial charge in [0.25, 0.3) is 5.91 Å². The van der Waals surface area contributed by atoms with Crippen LogP contribution in [0.4, 0.5) is 5.69 Å². The molecule has 0 aliphatic heterocycles. The third kappa shape index (κ3) is 3.94. The van der Waals surface area contributed by atoms with Crippen LogP contribution in [0.1, 0.15) is 24.3 Å². The number of anilines is 1. The molecule has 0 aliphatic carbocycles. The van der Waals surface area contributed by atoms with Crippen molar-refractivity contribution >= 4 is 17.6 Å². The van der Waals surface area contributed by atoms with Crippen molar-refractivity contribution in [3.63, 3.8) is 0 Å². The van der Waals surface area contributed by atoms with Gasteiger partial charge in [-0.3, -0.25) is 14.6 Å². The van der Waals surface area contributed by atoms with Crippen molar-refractivity contribution in [2.75, 3.05) is 25.5 Å². The molecule has 1 N–H and O–H groups in total. The molecule has 1 aromatic heterocycles. The summed E-state index contributed by atoms with van der Waals surface area (Å²) in [4.78, 5) is 30.2. The fourth-order valence-electron chi connectivity index (χ4n) is 1.60. The third-order valence-electron chi connectivity index (χ3n) is 2.67. The number of carbonyl (C=O) groups is 2. The smallest absolute Gasteiger partial charge is 0.323 e. The Balaban J connectivity index is 3.02. The van der Waals surface area contributed by atoms with Gasteiger partial charge in [0.2, 0.25) is 0 Å². The van der Waals surface area contributed by atoms with Crippen molar-refractivity contribution in [3.8, 4) is 0 Å². The predicted octanol–water partition coefficient (Wildman–Crippen LogP) is 1.08. The van der Waals surface area contributed by atoms with E-state index in [1.54, 1.807) is 32.2 Å². The summed E-state index contributed by atoms with van der Waals surface area (Å²) in [5, 5.41) is 8.85. The molecule has 0 unspecified atom stereocenters. The lowest BCUT2D eigenvalue weighted by Crippen LogP contribution is -2.41. The molecular weight excluding hydrogens is 246 g/mol. The molecule has 6 nitrogen and oxygen atoms in total. The standard InChI is InChI=1S/C13H19N3O3/c1-9(2)16(8-12(17)18)13(19)11-7-10(15(3)4)5-6-14-11/h5-7,9H,8H2,1-4H3,(H,17,18). The summed E-state index contributed by atoms with van der Waals surface area (Å²) in [7, 11) is 3.72. The van der Waals surface area contributed by atoms with Gasteiger partial charge in [0.15, 0.2) is 0 Å². The van der Waals surface area contributed by atoms with Crippen LogP contribution in [0, 0.1) is 0 Å². The number of aliphatic carboxylic acids is 1. The molecule has 0 fully saturated rings. The molecule has 0 aromatic carbocycles. The molecule has 0 saturated heterocycles. The van der Waals surface area contributed by atoms with Gasteiger partial charge < -0.3 is 14.9 Å². The molecule has 0 bridgehead atoms. The maximum atomic E-state index is 12.3. The van der Waals surface area contributed by atoms with E-state index in [0.717, 1.165) is 5.69 Å². The van der Waals surface area contributed by atoms with Crippen LogP contribution < -0.4 is 4.90 Å². The van der Waals surface area contributed by atoms with Gasteiger partial charge in [0.05, 0.1) is 0 Å². The molecule has 1 aromatic rings. The van der Waals surface area contributed by atoms with Crippen LogP contribution in [0.15, 0.2) is 18.3 Å². The molecule has 0 aliphatic rings. The number of carbonyl (C=O) groups excluding carboxylic acids is 1. The van der Waals surface area contributed by atoms with E-state index in [4.69, 9.17) is 5.11 Å². The summed E-state index contributed by atoms with van der Waals surface area (Å²) < 4.78 is 0. The minimum absolute atomic E-state index is 0.201. The van der Waals surface area contributed by atoms with E-state index in [0.29, 0.717) is 0 Å². The molecular formula is C13H19N3O3. The highest BCUT2D eigenvalue weighted by molar-refractivity contribution is 5.95. The van der Waals surface area contributed by atoms with Crippen LogP contribution in [-0.2, 0) is 4.79 Å². The van der Waals surface area contributed by atoms with Crippen LogP contribution in [-0.4, -0.2) is 53.5 Å². The minimum atomic E-state index is -1.04. The van der Waals surface area contributed by atoms with Crippen LogP contribution in [0.25, 0.3) is 0 Å². The summed E-state index contributed by atoms with van der Waals surface area (Å²) >= 11 is 0. The lowest BCUT2D eigenvalue weighted by Gasteiger charge is -2.24. The molecule has 1 amide bonds. The van der Waals surface area contributed by atoms with E-state index in [1.165, 1.54) is 4.90 Å². The second kappa shape index (κ2) is 6.17. The number of amides is 1. The number of pyridine rings is 1. The van der Waals surface area contributed by atoms with Crippen LogP contribution in [0.3, 0.4) is 0 Å². The Morgan fingerprint density at radius 2 is 2.00 bits per heavy atom. The number of hydrogen-bond acceptors (Lipinski definition) is 4. The quantitative estimate of drug-likeness (QED) is 0.862. The van der Waals surface area contributed by atoms with Crippen molar-refractivity contribution in [1.82, 2.24) is 9.88 Å². The molecule has 0 radical (unpaired) electrons. The van der Waals surface area contributed by atoms with E-state index in [9.17, 15) is 9.59 Å². The average molecular weight is 265 g/mol. The van der Waals surface area contributed by atoms with Gasteiger partial charge in [-0.1, -0.05) is 0 Å². The Labute approximate surface area is 112 Å². The van der Waals surface area contributed by atoms with Crippen molar-refractivity contribution in [2.45, 2.75) is 19.9 Å². The first-order valence-corrected chi connectivity index (χ1v) is 5.99. The first kappa shape index (κ1) is 14.9. The molecule has 6 heteroatoms. The van der Waals surface area contributed by atoms with Crippen molar-refractivity contribution in [1.29, 1.82) is 0 Å². The lowest BCUT2D eigenvalue weighted by atomic mass is 10.2. The molecule has 0 atom stereocenters. The van der Waals surface area contributed by atoms with E-state index in [-0.39, 0.29) is 24.2 Å². The average Bonchev–Trinajstić information content (AvgIpc) is 2.34. The Hall–Kier alpha value is -2.11. The summed E-state index contributed by atoms with van der Waals surface area (Å²) in [6, 6.07) is 3.24. The van der Waals surface area contributed by atoms with Gasteiger partial charge in [-0.25, -0.2) is 0 Å². The molecule has 1 rings (SSSR count). The Bertz CT molecular complexity index is 472. The van der Waals surface area contributed by atoms with E-state index in [2.05, 4.69) is 4.98 Å². The van der Waals surface area contributed by atoms with Crippen molar-refractivity contribution < 1.29 is 14.7 Å². The Morgan fingerprint density at radius 1 is 1.37 bits per heavy atom. The first-order valence-electron chi connectivity index (χ1n) is 5.99. The second-order valence-electron chi connectivity index (χ2n) is 4.71. The molecule has 19 heavy (non-hydrogen) atoms. The van der Waals surface area contributed by atoms with Crippen LogP contribution in [0.2, 0.25) is 0 Å². The summed E-state index contributed by atoms with van der Waals surface area (Å²) in [6.07, 6.45) is 1.54. The summed E-state index contributed by atoms with van der Waals surface area (Å²) in [6.45, 7) is 3.22. The van der Waals surface area contributed by atoms with Gasteiger partial charge in [0, 0.05) is 32.0 Å². The van der Waals surface area contributed by atoms with Crippen LogP contribution in [0.5, 0.6) is 0 Å². The first-order chi connectivity index (χ1) is 8.82. The fourth-order valence-corrected chi connectivity index (χ4v) is 1.60. The highest BCUT2D eigenvalue weighted by atomic mass is 16.4. The Kier molecular flexibility index (Phi) is 4.86. The maximum Gasteiger partial charge on any atom is 0.323 e. The van der Waals surface area contributed by atoms with E-state index in [1.807, 2.05) is 19.0 Å². The molecule has 0 saturated carbocycles. The highest BCUT2D eigenvalue weighted by Gasteiger charge is 2.22. The zero-order valence-corrected chi connectivity index (χ0v) is 11.6. The van der Waals surface area contributed by atoms with Gasteiger partial charge >= 0.3 is 5.97 Å². The molecule has 1 heterocycles. The zero-order valence-electron chi connectivity index (χ0n) is 11.6. The van der Waals surface area contributed by atoms with Gasteiger partial charge in [-0.15, -0.1) is 0 Å². The maximum absolute atomic E-state index is 12.3. The number of nitrogens with zero attached hydrogens (tertiary/aromatic N) is 3. The normalized spacial score (nSPS) is 10.4. The van der Waals surface area contributed by atoms with Gasteiger partial charge in [0.1, 0.15) is 12.2 Å². The number of aromatic nitrogens is 1. The number of hydrogen-bond donors (Lipinski definition) is 1. The van der Waals surface area contributed by atoms with Crippen molar-refractivity contribution in [3.05, 3.63) is 24.0 Å². The van der Waals surface area contributed by atoms with Gasteiger partial charge in [-0.05, 0) is 26.0 Å². The minimum Gasteiger partial charge on any atom is -0.480 e. The van der Waals surface area contributed by atoms with Crippen molar-refractivity contribution in [2.24, 2.45) is 0 Å². The topological polar surface area (TPSA) is 73.7 Å². The van der Waals surface area contributed by atoms with E-state index < -0.39 is 5.97 Å². The Morgan fingerprint density at radius 3 is 2.47 bits per heavy atom. The zero-order chi connectivity index (χ0) is 14.6. The fraction of sp³-hybridized carbons (Fsp3) is 0.462. The largest absolute Gasteiger partial charge is 0.480 e. The third-order valence-corrected chi connectivity index (χ3v) is 2.67. The number of carboxylic acid groups (broad SMARTS) is 1. The summed E-state index contributed by atoms with van der Waals surface area (Å²) in [5.41, 5.74) is 1.10. The molecule has 104 valence electrons.